The summed E-state index contributed by atoms with van der Waals surface area (Å²) in [7, 11) is 0. The molecular weight excluding hydrogens is 325 g/mol. The highest BCUT2D eigenvalue weighted by atomic mass is 15.1. The van der Waals surface area contributed by atoms with Crippen LogP contribution in [-0.2, 0) is 0 Å². The van der Waals surface area contributed by atoms with Crippen molar-refractivity contribution < 1.29 is 0 Å². The lowest BCUT2D eigenvalue weighted by Crippen LogP contribution is -2.54. The number of rotatable bonds is 1. The smallest absolute Gasteiger partial charge is 0.248 e. The third-order valence-electron chi connectivity index (χ3n) is 5.92. The van der Waals surface area contributed by atoms with Gasteiger partial charge in [-0.25, -0.2) is 0 Å². The zero-order valence-corrected chi connectivity index (χ0v) is 15.2. The zero-order chi connectivity index (χ0) is 18.0. The molecule has 1 nitrogen and oxygen atoms in total. The number of aryl methyl sites for hydroxylation is 1. The molecule has 2 aliphatic rings. The Hall–Kier alpha value is -3.26. The minimum Gasteiger partial charge on any atom is -0.312 e. The average molecular weight is 343 g/mol. The van der Waals surface area contributed by atoms with E-state index in [0.717, 1.165) is 0 Å². The molecule has 0 bridgehead atoms. The molecule has 0 N–H and O–H groups in total. The number of anilines is 3. The molecule has 0 spiro atoms. The molecule has 6 rings (SSSR count). The van der Waals surface area contributed by atoms with E-state index in [0.29, 0.717) is 6.71 Å². The van der Waals surface area contributed by atoms with Crippen LogP contribution in [0, 0.1) is 6.92 Å². The summed E-state index contributed by atoms with van der Waals surface area (Å²) in [6.45, 7) is 2.51. The second kappa shape index (κ2) is 5.37. The SMILES string of the molecule is Cc1ccc2c(c1)B1c3ccccc3-c3cccc(c31)N2c1ccccc1. The molecule has 4 aromatic carbocycles. The van der Waals surface area contributed by atoms with Crippen LogP contribution in [0.2, 0.25) is 0 Å². The molecular formula is C25H18BN. The lowest BCUT2D eigenvalue weighted by molar-refractivity contribution is 1.29. The first kappa shape index (κ1) is 14.9. The van der Waals surface area contributed by atoms with Gasteiger partial charge in [-0.05, 0) is 53.2 Å². The van der Waals surface area contributed by atoms with Crippen LogP contribution in [0.5, 0.6) is 0 Å². The third-order valence-corrected chi connectivity index (χ3v) is 5.92. The average Bonchev–Trinajstić information content (AvgIpc) is 3.06. The highest BCUT2D eigenvalue weighted by molar-refractivity contribution is 7.01. The maximum atomic E-state index is 2.43. The van der Waals surface area contributed by atoms with Crippen molar-refractivity contribution in [1.82, 2.24) is 0 Å². The van der Waals surface area contributed by atoms with E-state index in [4.69, 9.17) is 0 Å². The van der Waals surface area contributed by atoms with E-state index < -0.39 is 0 Å². The van der Waals surface area contributed by atoms with Gasteiger partial charge in [-0.1, -0.05) is 77.8 Å². The molecule has 2 aliphatic heterocycles. The molecule has 0 saturated carbocycles. The van der Waals surface area contributed by atoms with Gasteiger partial charge in [0.05, 0.1) is 0 Å². The molecule has 0 saturated heterocycles. The van der Waals surface area contributed by atoms with Gasteiger partial charge < -0.3 is 4.90 Å². The summed E-state index contributed by atoms with van der Waals surface area (Å²) in [5.41, 5.74) is 12.2. The first-order chi connectivity index (χ1) is 13.3. The fourth-order valence-electron chi connectivity index (χ4n) is 4.85. The van der Waals surface area contributed by atoms with Crippen LogP contribution in [0.15, 0.2) is 91.0 Å². The lowest BCUT2D eigenvalue weighted by atomic mass is 9.37. The maximum absolute atomic E-state index is 2.43. The van der Waals surface area contributed by atoms with E-state index in [9.17, 15) is 0 Å². The highest BCUT2D eigenvalue weighted by Gasteiger charge is 2.41. The predicted molar refractivity (Wildman–Crippen MR) is 116 cm³/mol. The molecule has 2 heteroatoms. The van der Waals surface area contributed by atoms with Crippen molar-refractivity contribution in [3.63, 3.8) is 0 Å². The van der Waals surface area contributed by atoms with Gasteiger partial charge in [0.15, 0.2) is 0 Å². The molecule has 0 amide bonds. The normalized spacial score (nSPS) is 13.2. The minimum atomic E-state index is 0.322. The van der Waals surface area contributed by atoms with Gasteiger partial charge in [-0.2, -0.15) is 0 Å². The van der Waals surface area contributed by atoms with Gasteiger partial charge in [0.2, 0.25) is 6.71 Å². The van der Waals surface area contributed by atoms with E-state index in [2.05, 4.69) is 103 Å². The third kappa shape index (κ3) is 1.96. The fraction of sp³-hybridized carbons (Fsp3) is 0.0400. The van der Waals surface area contributed by atoms with E-state index >= 15 is 0 Å². The van der Waals surface area contributed by atoms with Crippen molar-refractivity contribution in [3.05, 3.63) is 96.6 Å². The summed E-state index contributed by atoms with van der Waals surface area (Å²) in [4.78, 5) is 2.43. The van der Waals surface area contributed by atoms with Gasteiger partial charge in [0.1, 0.15) is 0 Å². The van der Waals surface area contributed by atoms with Crippen molar-refractivity contribution in [2.24, 2.45) is 0 Å². The van der Waals surface area contributed by atoms with Crippen molar-refractivity contribution in [3.8, 4) is 11.1 Å². The summed E-state index contributed by atoms with van der Waals surface area (Å²) in [6.07, 6.45) is 0. The Morgan fingerprint density at radius 2 is 1.41 bits per heavy atom. The van der Waals surface area contributed by atoms with Crippen LogP contribution < -0.4 is 21.3 Å². The highest BCUT2D eigenvalue weighted by Crippen LogP contribution is 2.40. The summed E-state index contributed by atoms with van der Waals surface area (Å²) in [6, 6.07) is 33.2. The van der Waals surface area contributed by atoms with Crippen molar-refractivity contribution in [2.45, 2.75) is 6.92 Å². The predicted octanol–water partition coefficient (Wildman–Crippen LogP) is 4.27. The van der Waals surface area contributed by atoms with Gasteiger partial charge in [-0.3, -0.25) is 0 Å². The Morgan fingerprint density at radius 3 is 2.30 bits per heavy atom. The van der Waals surface area contributed by atoms with Gasteiger partial charge in [0.25, 0.3) is 0 Å². The quantitative estimate of drug-likeness (QED) is 0.403. The summed E-state index contributed by atoms with van der Waals surface area (Å²) in [5, 5.41) is 0. The van der Waals surface area contributed by atoms with Crippen LogP contribution in [0.1, 0.15) is 5.56 Å². The van der Waals surface area contributed by atoms with Crippen molar-refractivity contribution >= 4 is 40.2 Å². The maximum Gasteiger partial charge on any atom is 0.248 e. The zero-order valence-electron chi connectivity index (χ0n) is 15.2. The Kier molecular flexibility index (Phi) is 2.96. The Balaban J connectivity index is 1.74. The molecule has 0 fully saturated rings. The van der Waals surface area contributed by atoms with Crippen molar-refractivity contribution in [2.75, 3.05) is 4.90 Å². The van der Waals surface area contributed by atoms with Crippen molar-refractivity contribution in [1.29, 1.82) is 0 Å². The molecule has 27 heavy (non-hydrogen) atoms. The van der Waals surface area contributed by atoms with Crippen LogP contribution in [0.4, 0.5) is 17.1 Å². The first-order valence-electron chi connectivity index (χ1n) is 9.51. The monoisotopic (exact) mass is 343 g/mol. The van der Waals surface area contributed by atoms with Gasteiger partial charge in [0, 0.05) is 17.1 Å². The van der Waals surface area contributed by atoms with E-state index in [1.165, 1.54) is 50.1 Å². The summed E-state index contributed by atoms with van der Waals surface area (Å²) >= 11 is 0. The number of fused-ring (bicyclic) bond motifs is 5. The molecule has 2 heterocycles. The largest absolute Gasteiger partial charge is 0.312 e. The molecule has 0 atom stereocenters. The van der Waals surface area contributed by atoms with E-state index in [-0.39, 0.29) is 0 Å². The van der Waals surface area contributed by atoms with Crippen LogP contribution >= 0.6 is 0 Å². The summed E-state index contributed by atoms with van der Waals surface area (Å²) in [5.74, 6) is 0. The number of hydrogen-bond acceptors (Lipinski definition) is 1. The van der Waals surface area contributed by atoms with Gasteiger partial charge in [-0.15, -0.1) is 0 Å². The molecule has 4 aromatic rings. The Labute approximate surface area is 160 Å². The number of nitrogens with zero attached hydrogens (tertiary/aromatic N) is 1. The number of para-hydroxylation sites is 1. The summed E-state index contributed by atoms with van der Waals surface area (Å²) < 4.78 is 0. The number of benzene rings is 4. The van der Waals surface area contributed by atoms with E-state index in [1.54, 1.807) is 0 Å². The number of hydrogen-bond donors (Lipinski definition) is 0. The van der Waals surface area contributed by atoms with Crippen LogP contribution in [0.3, 0.4) is 0 Å². The second-order valence-electron chi connectivity index (χ2n) is 7.49. The molecule has 0 radical (unpaired) electrons. The lowest BCUT2D eigenvalue weighted by Gasteiger charge is -2.36. The first-order valence-corrected chi connectivity index (χ1v) is 9.51. The van der Waals surface area contributed by atoms with Crippen LogP contribution in [0.25, 0.3) is 11.1 Å². The Morgan fingerprint density at radius 1 is 0.630 bits per heavy atom. The fourth-order valence-corrected chi connectivity index (χ4v) is 4.85. The van der Waals surface area contributed by atoms with Gasteiger partial charge >= 0.3 is 0 Å². The topological polar surface area (TPSA) is 3.24 Å². The van der Waals surface area contributed by atoms with E-state index in [1.807, 2.05) is 0 Å². The standard InChI is InChI=1S/C25H18BN/c1-17-14-15-23-22(16-17)26-21-12-6-5-10-19(21)20-11-7-13-24(25(20)26)27(23)18-8-3-2-4-9-18/h2-16H,1H3. The molecule has 0 aromatic heterocycles. The molecule has 126 valence electrons. The second-order valence-corrected chi connectivity index (χ2v) is 7.49. The molecule has 0 unspecified atom stereocenters. The van der Waals surface area contributed by atoms with Crippen LogP contribution in [-0.4, -0.2) is 6.71 Å². The molecule has 0 aliphatic carbocycles. The minimum absolute atomic E-state index is 0.322. The Bertz CT molecular complexity index is 1200.